The van der Waals surface area contributed by atoms with Crippen LogP contribution in [-0.2, 0) is 0 Å². The van der Waals surface area contributed by atoms with Crippen LogP contribution >= 0.6 is 34.5 Å². The molecule has 1 aromatic heterocycles. The van der Waals surface area contributed by atoms with Crippen molar-refractivity contribution in [1.82, 2.24) is 9.88 Å². The summed E-state index contributed by atoms with van der Waals surface area (Å²) in [5, 5.41) is 1.91. The van der Waals surface area contributed by atoms with Gasteiger partial charge in [-0.2, -0.15) is 0 Å². The van der Waals surface area contributed by atoms with E-state index in [2.05, 4.69) is 4.90 Å². The Hall–Kier alpha value is -2.02. The minimum absolute atomic E-state index is 0.0466. The third-order valence-corrected chi connectivity index (χ3v) is 6.12. The van der Waals surface area contributed by atoms with Gasteiger partial charge in [0.2, 0.25) is 0 Å². The molecule has 1 aliphatic rings. The number of piperazine rings is 1. The fourth-order valence-corrected chi connectivity index (χ4v) is 4.82. The maximum atomic E-state index is 12.8. The van der Waals surface area contributed by atoms with Gasteiger partial charge in [-0.15, -0.1) is 0 Å². The lowest BCUT2D eigenvalue weighted by Crippen LogP contribution is -2.48. The quantitative estimate of drug-likeness (QED) is 0.580. The van der Waals surface area contributed by atoms with Crippen LogP contribution < -0.4 is 9.64 Å². The second kappa shape index (κ2) is 8.15. The third kappa shape index (κ3) is 4.04. The van der Waals surface area contributed by atoms with Crippen molar-refractivity contribution in [2.24, 2.45) is 0 Å². The van der Waals surface area contributed by atoms with E-state index < -0.39 is 0 Å². The Bertz CT molecular complexity index is 996. The number of amides is 1. The van der Waals surface area contributed by atoms with E-state index in [-0.39, 0.29) is 5.91 Å². The molecule has 0 aliphatic carbocycles. The number of rotatable bonds is 4. The van der Waals surface area contributed by atoms with Crippen molar-refractivity contribution in [2.75, 3.05) is 37.7 Å². The van der Waals surface area contributed by atoms with Gasteiger partial charge in [0, 0.05) is 41.8 Å². The van der Waals surface area contributed by atoms with E-state index in [4.69, 9.17) is 32.9 Å². The SMILES string of the molecule is CCOc1ccc2nc(N3CCN(C(=O)c4cc(Cl)cc(Cl)c4)CC3)sc2c1. The number of benzene rings is 2. The second-order valence-corrected chi connectivity index (χ2v) is 8.38. The Morgan fingerprint density at radius 1 is 1.11 bits per heavy atom. The van der Waals surface area contributed by atoms with Crippen molar-refractivity contribution in [1.29, 1.82) is 0 Å². The van der Waals surface area contributed by atoms with Crippen LogP contribution in [0.4, 0.5) is 5.13 Å². The van der Waals surface area contributed by atoms with Gasteiger partial charge in [0.05, 0.1) is 16.8 Å². The van der Waals surface area contributed by atoms with E-state index in [0.29, 0.717) is 35.3 Å². The standard InChI is InChI=1S/C20H19Cl2N3O2S/c1-2-27-16-3-4-17-18(12-16)28-20(23-17)25-7-5-24(6-8-25)19(26)13-9-14(21)11-15(22)10-13/h3-4,9-12H,2,5-8H2,1H3. The smallest absolute Gasteiger partial charge is 0.254 e. The van der Waals surface area contributed by atoms with Crippen molar-refractivity contribution in [2.45, 2.75) is 6.92 Å². The molecule has 1 aliphatic heterocycles. The highest BCUT2D eigenvalue weighted by Gasteiger charge is 2.24. The lowest BCUT2D eigenvalue weighted by atomic mass is 10.2. The molecule has 3 aromatic rings. The number of ether oxygens (including phenoxy) is 1. The van der Waals surface area contributed by atoms with Gasteiger partial charge in [0.15, 0.2) is 5.13 Å². The van der Waals surface area contributed by atoms with Crippen LogP contribution in [0.5, 0.6) is 5.75 Å². The van der Waals surface area contributed by atoms with Gasteiger partial charge in [-0.25, -0.2) is 4.98 Å². The molecule has 4 rings (SSSR count). The Kier molecular flexibility index (Phi) is 5.62. The molecule has 0 bridgehead atoms. The molecule has 0 N–H and O–H groups in total. The van der Waals surface area contributed by atoms with E-state index in [1.54, 1.807) is 29.5 Å². The van der Waals surface area contributed by atoms with Gasteiger partial charge in [-0.05, 0) is 43.3 Å². The Labute approximate surface area is 177 Å². The van der Waals surface area contributed by atoms with E-state index >= 15 is 0 Å². The van der Waals surface area contributed by atoms with Crippen molar-refractivity contribution in [3.63, 3.8) is 0 Å². The molecule has 2 aromatic carbocycles. The summed E-state index contributed by atoms with van der Waals surface area (Å²) >= 11 is 13.7. The minimum Gasteiger partial charge on any atom is -0.494 e. The van der Waals surface area contributed by atoms with Crippen LogP contribution in [0.3, 0.4) is 0 Å². The van der Waals surface area contributed by atoms with Crippen LogP contribution in [0.2, 0.25) is 10.0 Å². The number of carbonyl (C=O) groups excluding carboxylic acids is 1. The lowest BCUT2D eigenvalue weighted by molar-refractivity contribution is 0.0747. The lowest BCUT2D eigenvalue weighted by Gasteiger charge is -2.34. The Morgan fingerprint density at radius 2 is 1.82 bits per heavy atom. The number of nitrogens with zero attached hydrogens (tertiary/aromatic N) is 3. The highest BCUT2D eigenvalue weighted by atomic mass is 35.5. The summed E-state index contributed by atoms with van der Waals surface area (Å²) in [5.41, 5.74) is 1.49. The summed E-state index contributed by atoms with van der Waals surface area (Å²) in [6.07, 6.45) is 0. The predicted molar refractivity (Wildman–Crippen MR) is 115 cm³/mol. The average Bonchev–Trinajstić information content (AvgIpc) is 3.10. The zero-order valence-corrected chi connectivity index (χ0v) is 17.7. The maximum absolute atomic E-state index is 12.8. The van der Waals surface area contributed by atoms with Gasteiger partial charge in [-0.3, -0.25) is 4.79 Å². The van der Waals surface area contributed by atoms with Crippen LogP contribution in [-0.4, -0.2) is 48.6 Å². The predicted octanol–water partition coefficient (Wildman–Crippen LogP) is 4.96. The van der Waals surface area contributed by atoms with E-state index in [1.165, 1.54) is 0 Å². The number of carbonyl (C=O) groups is 1. The minimum atomic E-state index is -0.0466. The molecule has 0 radical (unpaired) electrons. The van der Waals surface area contributed by atoms with Crippen molar-refractivity contribution in [3.05, 3.63) is 52.0 Å². The van der Waals surface area contributed by atoms with Gasteiger partial charge in [0.25, 0.3) is 5.91 Å². The van der Waals surface area contributed by atoms with E-state index in [0.717, 1.165) is 34.2 Å². The zero-order valence-electron chi connectivity index (χ0n) is 15.3. The number of halogens is 2. The Balaban J connectivity index is 1.45. The van der Waals surface area contributed by atoms with Crippen LogP contribution in [0.15, 0.2) is 36.4 Å². The van der Waals surface area contributed by atoms with E-state index in [1.807, 2.05) is 30.0 Å². The molecule has 0 atom stereocenters. The molecule has 0 spiro atoms. The first-order chi connectivity index (χ1) is 13.5. The molecular formula is C20H19Cl2N3O2S. The number of fused-ring (bicyclic) bond motifs is 1. The van der Waals surface area contributed by atoms with Crippen molar-refractivity contribution < 1.29 is 9.53 Å². The molecule has 146 valence electrons. The van der Waals surface area contributed by atoms with E-state index in [9.17, 15) is 4.79 Å². The van der Waals surface area contributed by atoms with Crippen LogP contribution in [0, 0.1) is 0 Å². The average molecular weight is 436 g/mol. The first-order valence-corrected chi connectivity index (χ1v) is 10.6. The summed E-state index contributed by atoms with van der Waals surface area (Å²) in [6.45, 7) is 5.34. The van der Waals surface area contributed by atoms with Crippen molar-refractivity contribution in [3.8, 4) is 5.75 Å². The van der Waals surface area contributed by atoms with Gasteiger partial charge < -0.3 is 14.5 Å². The molecule has 1 amide bonds. The zero-order chi connectivity index (χ0) is 19.7. The van der Waals surface area contributed by atoms with Gasteiger partial charge in [-0.1, -0.05) is 34.5 Å². The molecule has 8 heteroatoms. The van der Waals surface area contributed by atoms with Crippen LogP contribution in [0.1, 0.15) is 17.3 Å². The number of thiazole rings is 1. The van der Waals surface area contributed by atoms with Crippen LogP contribution in [0.25, 0.3) is 10.2 Å². The largest absolute Gasteiger partial charge is 0.494 e. The third-order valence-electron chi connectivity index (χ3n) is 4.61. The first kappa shape index (κ1) is 19.3. The molecule has 0 saturated carbocycles. The normalized spacial score (nSPS) is 14.5. The molecular weight excluding hydrogens is 417 g/mol. The molecule has 5 nitrogen and oxygen atoms in total. The van der Waals surface area contributed by atoms with Gasteiger partial charge in [0.1, 0.15) is 5.75 Å². The molecule has 28 heavy (non-hydrogen) atoms. The topological polar surface area (TPSA) is 45.7 Å². The number of anilines is 1. The van der Waals surface area contributed by atoms with Gasteiger partial charge >= 0.3 is 0 Å². The first-order valence-electron chi connectivity index (χ1n) is 9.07. The molecule has 0 unspecified atom stereocenters. The fraction of sp³-hybridized carbons (Fsp3) is 0.300. The maximum Gasteiger partial charge on any atom is 0.254 e. The monoisotopic (exact) mass is 435 g/mol. The molecule has 1 saturated heterocycles. The molecule has 2 heterocycles. The summed E-state index contributed by atoms with van der Waals surface area (Å²) in [6, 6.07) is 10.9. The number of aromatic nitrogens is 1. The summed E-state index contributed by atoms with van der Waals surface area (Å²) in [5.74, 6) is 0.815. The number of hydrogen-bond donors (Lipinski definition) is 0. The fourth-order valence-electron chi connectivity index (χ4n) is 3.25. The summed E-state index contributed by atoms with van der Waals surface area (Å²) < 4.78 is 6.67. The highest BCUT2D eigenvalue weighted by Crippen LogP contribution is 2.32. The highest BCUT2D eigenvalue weighted by molar-refractivity contribution is 7.22. The Morgan fingerprint density at radius 3 is 2.50 bits per heavy atom. The molecule has 1 fully saturated rings. The second-order valence-electron chi connectivity index (χ2n) is 6.50. The summed E-state index contributed by atoms with van der Waals surface area (Å²) in [4.78, 5) is 21.5. The summed E-state index contributed by atoms with van der Waals surface area (Å²) in [7, 11) is 0. The van der Waals surface area contributed by atoms with Crippen molar-refractivity contribution >= 4 is 55.8 Å². The number of hydrogen-bond acceptors (Lipinski definition) is 5.